The number of aromatic amines is 1. The van der Waals surface area contributed by atoms with Gasteiger partial charge in [-0.2, -0.15) is 5.10 Å². The SMILES string of the molecule is CCOC(=O)c1cccc(C2(CCOc3ccc(-c4ccn[nH]4)nc3)OCCO2)c1. The average molecular weight is 409 g/mol. The molecule has 4 rings (SSSR count). The second-order valence-corrected chi connectivity index (χ2v) is 6.70. The van der Waals surface area contributed by atoms with Gasteiger partial charge in [0.1, 0.15) is 5.75 Å². The minimum Gasteiger partial charge on any atom is -0.492 e. The molecule has 1 aromatic carbocycles. The molecule has 0 radical (unpaired) electrons. The third-order valence-electron chi connectivity index (χ3n) is 4.78. The summed E-state index contributed by atoms with van der Waals surface area (Å²) in [7, 11) is 0. The lowest BCUT2D eigenvalue weighted by atomic mass is 10.00. The summed E-state index contributed by atoms with van der Waals surface area (Å²) in [4.78, 5) is 16.5. The van der Waals surface area contributed by atoms with Crippen LogP contribution in [0, 0.1) is 0 Å². The Balaban J connectivity index is 1.43. The summed E-state index contributed by atoms with van der Waals surface area (Å²) in [5, 5.41) is 6.80. The topological polar surface area (TPSA) is 95.6 Å². The molecule has 0 unspecified atom stereocenters. The predicted molar refractivity (Wildman–Crippen MR) is 108 cm³/mol. The van der Waals surface area contributed by atoms with Crippen molar-refractivity contribution in [1.29, 1.82) is 0 Å². The zero-order valence-corrected chi connectivity index (χ0v) is 16.7. The Hall–Kier alpha value is -3.23. The molecular weight excluding hydrogens is 386 g/mol. The summed E-state index contributed by atoms with van der Waals surface area (Å²) in [6.45, 7) is 3.41. The minimum absolute atomic E-state index is 0.322. The van der Waals surface area contributed by atoms with Crippen molar-refractivity contribution >= 4 is 5.97 Å². The molecule has 8 heteroatoms. The first-order valence-corrected chi connectivity index (χ1v) is 9.84. The number of benzene rings is 1. The van der Waals surface area contributed by atoms with Crippen molar-refractivity contribution < 1.29 is 23.7 Å². The summed E-state index contributed by atoms with van der Waals surface area (Å²) < 4.78 is 22.9. The fraction of sp³-hybridized carbons (Fsp3) is 0.318. The summed E-state index contributed by atoms with van der Waals surface area (Å²) in [6, 6.07) is 12.7. The van der Waals surface area contributed by atoms with Gasteiger partial charge < -0.3 is 18.9 Å². The Morgan fingerprint density at radius 2 is 2.07 bits per heavy atom. The molecule has 2 aromatic heterocycles. The lowest BCUT2D eigenvalue weighted by Gasteiger charge is -2.28. The zero-order valence-electron chi connectivity index (χ0n) is 16.7. The highest BCUT2D eigenvalue weighted by Gasteiger charge is 2.39. The first kappa shape index (κ1) is 20.1. The van der Waals surface area contributed by atoms with Crippen molar-refractivity contribution in [2.24, 2.45) is 0 Å². The van der Waals surface area contributed by atoms with E-state index in [1.807, 2.05) is 24.3 Å². The number of carbonyl (C=O) groups excluding carboxylic acids is 1. The van der Waals surface area contributed by atoms with Crippen LogP contribution < -0.4 is 4.74 Å². The molecule has 0 bridgehead atoms. The maximum atomic E-state index is 12.1. The van der Waals surface area contributed by atoms with Crippen LogP contribution in [-0.4, -0.2) is 47.6 Å². The number of H-pyrrole nitrogens is 1. The fourth-order valence-electron chi connectivity index (χ4n) is 3.33. The van der Waals surface area contributed by atoms with E-state index >= 15 is 0 Å². The third-order valence-corrected chi connectivity index (χ3v) is 4.78. The Bertz CT molecular complexity index is 967. The van der Waals surface area contributed by atoms with Gasteiger partial charge in [0.25, 0.3) is 0 Å². The maximum Gasteiger partial charge on any atom is 0.338 e. The van der Waals surface area contributed by atoms with Crippen molar-refractivity contribution in [2.75, 3.05) is 26.4 Å². The van der Waals surface area contributed by atoms with Crippen molar-refractivity contribution in [2.45, 2.75) is 19.1 Å². The van der Waals surface area contributed by atoms with Gasteiger partial charge in [-0.15, -0.1) is 0 Å². The van der Waals surface area contributed by atoms with Crippen LogP contribution in [-0.2, 0) is 20.0 Å². The molecule has 1 aliphatic rings. The molecule has 0 saturated carbocycles. The smallest absolute Gasteiger partial charge is 0.338 e. The van der Waals surface area contributed by atoms with E-state index in [9.17, 15) is 4.79 Å². The van der Waals surface area contributed by atoms with Crippen LogP contribution in [0.5, 0.6) is 5.75 Å². The Labute approximate surface area is 174 Å². The number of esters is 1. The van der Waals surface area contributed by atoms with Crippen LogP contribution >= 0.6 is 0 Å². The highest BCUT2D eigenvalue weighted by Crippen LogP contribution is 2.35. The number of pyridine rings is 1. The molecule has 8 nitrogen and oxygen atoms in total. The van der Waals surface area contributed by atoms with Crippen LogP contribution in [0.1, 0.15) is 29.3 Å². The van der Waals surface area contributed by atoms with Gasteiger partial charge in [0, 0.05) is 18.2 Å². The van der Waals surface area contributed by atoms with Crippen LogP contribution in [0.15, 0.2) is 54.9 Å². The van der Waals surface area contributed by atoms with E-state index in [1.54, 1.807) is 37.5 Å². The molecular formula is C22H23N3O5. The molecule has 1 fully saturated rings. The third kappa shape index (κ3) is 4.34. The Kier molecular flexibility index (Phi) is 6.06. The van der Waals surface area contributed by atoms with Gasteiger partial charge in [0.15, 0.2) is 5.79 Å². The number of nitrogens with zero attached hydrogens (tertiary/aromatic N) is 2. The van der Waals surface area contributed by atoms with Crippen molar-refractivity contribution in [3.05, 3.63) is 66.0 Å². The van der Waals surface area contributed by atoms with Gasteiger partial charge in [-0.25, -0.2) is 4.79 Å². The quantitative estimate of drug-likeness (QED) is 0.570. The summed E-state index contributed by atoms with van der Waals surface area (Å²) in [5.74, 6) is -0.676. The molecule has 1 saturated heterocycles. The van der Waals surface area contributed by atoms with E-state index in [4.69, 9.17) is 18.9 Å². The van der Waals surface area contributed by atoms with E-state index in [0.717, 1.165) is 17.0 Å². The molecule has 0 atom stereocenters. The lowest BCUT2D eigenvalue weighted by molar-refractivity contribution is -0.174. The molecule has 1 N–H and O–H groups in total. The highest BCUT2D eigenvalue weighted by molar-refractivity contribution is 5.89. The number of aromatic nitrogens is 3. The molecule has 1 aliphatic heterocycles. The van der Waals surface area contributed by atoms with Gasteiger partial charge in [-0.1, -0.05) is 12.1 Å². The number of hydrogen-bond acceptors (Lipinski definition) is 7. The highest BCUT2D eigenvalue weighted by atomic mass is 16.7. The molecule has 0 spiro atoms. The number of carbonyl (C=O) groups is 1. The van der Waals surface area contributed by atoms with E-state index in [2.05, 4.69) is 15.2 Å². The van der Waals surface area contributed by atoms with E-state index in [-0.39, 0.29) is 5.97 Å². The van der Waals surface area contributed by atoms with Crippen LogP contribution in [0.3, 0.4) is 0 Å². The fourth-order valence-corrected chi connectivity index (χ4v) is 3.33. The minimum atomic E-state index is -0.953. The molecule has 30 heavy (non-hydrogen) atoms. The zero-order chi connectivity index (χ0) is 20.8. The predicted octanol–water partition coefficient (Wildman–Crippen LogP) is 3.32. The van der Waals surface area contributed by atoms with Gasteiger partial charge in [-0.05, 0) is 37.3 Å². The van der Waals surface area contributed by atoms with E-state index in [1.165, 1.54) is 0 Å². The van der Waals surface area contributed by atoms with Gasteiger partial charge >= 0.3 is 5.97 Å². The van der Waals surface area contributed by atoms with Crippen molar-refractivity contribution in [3.8, 4) is 17.1 Å². The summed E-state index contributed by atoms with van der Waals surface area (Å²) in [6.07, 6.45) is 3.81. The molecule has 0 aliphatic carbocycles. The van der Waals surface area contributed by atoms with Crippen LogP contribution in [0.2, 0.25) is 0 Å². The molecule has 3 aromatic rings. The first-order chi connectivity index (χ1) is 14.7. The van der Waals surface area contributed by atoms with Crippen molar-refractivity contribution in [3.63, 3.8) is 0 Å². The number of rotatable bonds is 8. The monoisotopic (exact) mass is 409 g/mol. The van der Waals surface area contributed by atoms with Gasteiger partial charge in [0.2, 0.25) is 0 Å². The normalized spacial score (nSPS) is 15.1. The maximum absolute atomic E-state index is 12.1. The Morgan fingerprint density at radius 3 is 2.77 bits per heavy atom. The first-order valence-electron chi connectivity index (χ1n) is 9.84. The van der Waals surface area contributed by atoms with Gasteiger partial charge in [-0.3, -0.25) is 10.1 Å². The number of ether oxygens (including phenoxy) is 4. The van der Waals surface area contributed by atoms with E-state index < -0.39 is 5.79 Å². The second kappa shape index (κ2) is 9.06. The Morgan fingerprint density at radius 1 is 1.20 bits per heavy atom. The number of hydrogen-bond donors (Lipinski definition) is 1. The van der Waals surface area contributed by atoms with Crippen molar-refractivity contribution in [1.82, 2.24) is 15.2 Å². The molecule has 0 amide bonds. The summed E-state index contributed by atoms with van der Waals surface area (Å²) >= 11 is 0. The lowest BCUT2D eigenvalue weighted by Crippen LogP contribution is -2.30. The standard InChI is InChI=1S/C22H23N3O5/c1-2-27-21(26)16-4-3-5-17(14-16)22(29-12-13-30-22)9-11-28-18-6-7-19(23-15-18)20-8-10-24-25-20/h3-8,10,14-15H,2,9,11-13H2,1H3,(H,24,25). The van der Waals surface area contributed by atoms with Gasteiger partial charge in [0.05, 0.1) is 49.6 Å². The van der Waals surface area contributed by atoms with E-state index in [0.29, 0.717) is 44.2 Å². The summed E-state index contributed by atoms with van der Waals surface area (Å²) in [5.41, 5.74) is 2.86. The second-order valence-electron chi connectivity index (χ2n) is 6.70. The average Bonchev–Trinajstić information content (AvgIpc) is 3.48. The molecule has 3 heterocycles. The largest absolute Gasteiger partial charge is 0.492 e. The molecule has 156 valence electrons. The van der Waals surface area contributed by atoms with Crippen LogP contribution in [0.4, 0.5) is 0 Å². The number of nitrogens with one attached hydrogen (secondary N) is 1. The van der Waals surface area contributed by atoms with Crippen LogP contribution in [0.25, 0.3) is 11.4 Å².